The van der Waals surface area contributed by atoms with E-state index in [0.29, 0.717) is 16.7 Å². The zero-order valence-electron chi connectivity index (χ0n) is 9.48. The number of nitrogens with zero attached hydrogens (tertiary/aromatic N) is 2. The van der Waals surface area contributed by atoms with Crippen LogP contribution < -0.4 is 11.3 Å². The van der Waals surface area contributed by atoms with Crippen LogP contribution in [0.15, 0.2) is 4.47 Å². The van der Waals surface area contributed by atoms with Gasteiger partial charge in [-0.2, -0.15) is 13.9 Å². The van der Waals surface area contributed by atoms with Crippen LogP contribution in [0.4, 0.5) is 8.78 Å². The normalized spacial score (nSPS) is 14.1. The van der Waals surface area contributed by atoms with Crippen LogP contribution in [0.1, 0.15) is 18.3 Å². The molecule has 0 saturated heterocycles. The second kappa shape index (κ2) is 5.60. The van der Waals surface area contributed by atoms with Crippen molar-refractivity contribution in [2.24, 2.45) is 5.84 Å². The first-order chi connectivity index (χ1) is 7.81. The van der Waals surface area contributed by atoms with Crippen LogP contribution in [-0.4, -0.2) is 21.2 Å². The Morgan fingerprint density at radius 2 is 2.24 bits per heavy atom. The Balaban J connectivity index is 3.01. The van der Waals surface area contributed by atoms with Gasteiger partial charge in [-0.15, -0.1) is 0 Å². The zero-order valence-corrected chi connectivity index (χ0v) is 11.8. The number of aromatic nitrogens is 2. The van der Waals surface area contributed by atoms with E-state index < -0.39 is 11.4 Å². The molecule has 3 N–H and O–H groups in total. The molecule has 1 rings (SSSR count). The first kappa shape index (κ1) is 14.8. The van der Waals surface area contributed by atoms with Crippen molar-refractivity contribution in [2.75, 3.05) is 0 Å². The third kappa shape index (κ3) is 3.37. The minimum Gasteiger partial charge on any atom is -0.271 e. The molecule has 1 unspecified atom stereocenters. The number of hydrogen-bond acceptors (Lipinski definition) is 3. The number of nitrogens with one attached hydrogen (secondary N) is 1. The van der Waals surface area contributed by atoms with Gasteiger partial charge >= 0.3 is 5.38 Å². The van der Waals surface area contributed by atoms with Gasteiger partial charge in [0, 0.05) is 13.0 Å². The predicted molar refractivity (Wildman–Crippen MR) is 66.0 cm³/mol. The van der Waals surface area contributed by atoms with Crippen LogP contribution in [0.5, 0.6) is 0 Å². The SMILES string of the molecule is CCn1nc(C)c(Br)c1CC(NN)C(F)(F)Cl. The maximum Gasteiger partial charge on any atom is 0.338 e. The van der Waals surface area contributed by atoms with Crippen molar-refractivity contribution in [1.29, 1.82) is 0 Å². The summed E-state index contributed by atoms with van der Waals surface area (Å²) in [5.74, 6) is 5.10. The highest BCUT2D eigenvalue weighted by molar-refractivity contribution is 9.10. The van der Waals surface area contributed by atoms with Gasteiger partial charge in [0.05, 0.1) is 15.9 Å². The molecule has 0 aromatic carbocycles. The van der Waals surface area contributed by atoms with Crippen molar-refractivity contribution in [3.63, 3.8) is 0 Å². The number of aryl methyl sites for hydroxylation is 2. The van der Waals surface area contributed by atoms with E-state index in [1.165, 1.54) is 0 Å². The number of nitrogens with two attached hydrogens (primary N) is 1. The highest BCUT2D eigenvalue weighted by atomic mass is 79.9. The van der Waals surface area contributed by atoms with Gasteiger partial charge in [0.1, 0.15) is 6.04 Å². The van der Waals surface area contributed by atoms with E-state index in [2.05, 4.69) is 21.0 Å². The summed E-state index contributed by atoms with van der Waals surface area (Å²) in [6, 6.07) is -1.35. The molecule has 1 aromatic rings. The predicted octanol–water partition coefficient (Wildman–Crippen LogP) is 2.18. The molecule has 0 bridgehead atoms. The lowest BCUT2D eigenvalue weighted by molar-refractivity contribution is 0.0494. The van der Waals surface area contributed by atoms with Gasteiger partial charge < -0.3 is 0 Å². The molecule has 8 heteroatoms. The summed E-state index contributed by atoms with van der Waals surface area (Å²) in [5.41, 5.74) is 3.43. The third-order valence-electron chi connectivity index (χ3n) is 2.45. The fourth-order valence-corrected chi connectivity index (χ4v) is 2.11. The summed E-state index contributed by atoms with van der Waals surface area (Å²) in [6.07, 6.45) is -0.0116. The molecule has 0 fully saturated rings. The summed E-state index contributed by atoms with van der Waals surface area (Å²) in [6.45, 7) is 4.27. The van der Waals surface area contributed by atoms with E-state index in [1.54, 1.807) is 11.6 Å². The first-order valence-electron chi connectivity index (χ1n) is 5.05. The Labute approximate surface area is 112 Å². The van der Waals surface area contributed by atoms with Crippen molar-refractivity contribution in [3.05, 3.63) is 15.9 Å². The summed E-state index contributed by atoms with van der Waals surface area (Å²) < 4.78 is 28.4. The van der Waals surface area contributed by atoms with Gasteiger partial charge in [0.15, 0.2) is 0 Å². The van der Waals surface area contributed by atoms with Gasteiger partial charge in [-0.3, -0.25) is 10.5 Å². The quantitative estimate of drug-likeness (QED) is 0.494. The van der Waals surface area contributed by atoms with Crippen LogP contribution in [0, 0.1) is 6.92 Å². The lowest BCUT2D eigenvalue weighted by Gasteiger charge is -2.21. The lowest BCUT2D eigenvalue weighted by Crippen LogP contribution is -2.47. The van der Waals surface area contributed by atoms with Crippen molar-refractivity contribution >= 4 is 27.5 Å². The number of alkyl halides is 3. The minimum atomic E-state index is -3.41. The molecule has 17 heavy (non-hydrogen) atoms. The molecular weight excluding hydrogens is 317 g/mol. The van der Waals surface area contributed by atoms with Crippen molar-refractivity contribution in [3.8, 4) is 0 Å². The minimum absolute atomic E-state index is 0.0116. The molecule has 1 heterocycles. The monoisotopic (exact) mass is 330 g/mol. The molecule has 1 aromatic heterocycles. The molecule has 0 radical (unpaired) electrons. The number of rotatable bonds is 5. The molecular formula is C9H14BrClF2N4. The average Bonchev–Trinajstić information content (AvgIpc) is 2.50. The highest BCUT2D eigenvalue weighted by Crippen LogP contribution is 2.29. The van der Waals surface area contributed by atoms with E-state index in [1.807, 2.05) is 12.3 Å². The molecule has 0 aliphatic heterocycles. The molecule has 0 saturated carbocycles. The van der Waals surface area contributed by atoms with E-state index in [-0.39, 0.29) is 6.42 Å². The van der Waals surface area contributed by atoms with Crippen LogP contribution >= 0.6 is 27.5 Å². The molecule has 1 atom stereocenters. The smallest absolute Gasteiger partial charge is 0.271 e. The summed E-state index contributed by atoms with van der Waals surface area (Å²) in [4.78, 5) is 0. The van der Waals surface area contributed by atoms with Gasteiger partial charge in [0.25, 0.3) is 0 Å². The second-order valence-electron chi connectivity index (χ2n) is 3.63. The van der Waals surface area contributed by atoms with Crippen molar-refractivity contribution in [1.82, 2.24) is 15.2 Å². The Hall–Kier alpha value is -0.240. The summed E-state index contributed by atoms with van der Waals surface area (Å²) in [5, 5.41) is 0.800. The van der Waals surface area contributed by atoms with Crippen LogP contribution in [0.25, 0.3) is 0 Å². The maximum absolute atomic E-state index is 13.0. The fraction of sp³-hybridized carbons (Fsp3) is 0.667. The van der Waals surface area contributed by atoms with Crippen LogP contribution in [0.2, 0.25) is 0 Å². The molecule has 4 nitrogen and oxygen atoms in total. The van der Waals surface area contributed by atoms with E-state index in [9.17, 15) is 8.78 Å². The number of hydrazine groups is 1. The van der Waals surface area contributed by atoms with Gasteiger partial charge in [-0.05, 0) is 41.4 Å². The number of hydrogen-bond donors (Lipinski definition) is 2. The molecule has 0 aliphatic rings. The highest BCUT2D eigenvalue weighted by Gasteiger charge is 2.37. The lowest BCUT2D eigenvalue weighted by atomic mass is 10.1. The van der Waals surface area contributed by atoms with Gasteiger partial charge in [0.2, 0.25) is 0 Å². The Morgan fingerprint density at radius 3 is 2.65 bits per heavy atom. The average molecular weight is 332 g/mol. The van der Waals surface area contributed by atoms with Crippen molar-refractivity contribution in [2.45, 2.75) is 38.2 Å². The van der Waals surface area contributed by atoms with Crippen LogP contribution in [0.3, 0.4) is 0 Å². The van der Waals surface area contributed by atoms with E-state index in [4.69, 9.17) is 17.4 Å². The standard InChI is InChI=1S/C9H14BrClF2N4/c1-3-17-6(8(10)5(2)16-17)4-7(15-14)9(11,12)13/h7,15H,3-4,14H2,1-2H3. The Kier molecular flexibility index (Phi) is 4.88. The molecule has 0 amide bonds. The van der Waals surface area contributed by atoms with E-state index >= 15 is 0 Å². The molecule has 0 aliphatic carbocycles. The zero-order chi connectivity index (χ0) is 13.2. The largest absolute Gasteiger partial charge is 0.338 e. The van der Waals surface area contributed by atoms with Crippen molar-refractivity contribution < 1.29 is 8.78 Å². The molecule has 0 spiro atoms. The van der Waals surface area contributed by atoms with E-state index in [0.717, 1.165) is 5.69 Å². The maximum atomic E-state index is 13.0. The van der Waals surface area contributed by atoms with Gasteiger partial charge in [-0.25, -0.2) is 5.43 Å². The first-order valence-corrected chi connectivity index (χ1v) is 6.23. The molecule has 98 valence electrons. The second-order valence-corrected chi connectivity index (χ2v) is 4.92. The summed E-state index contributed by atoms with van der Waals surface area (Å²) in [7, 11) is 0. The van der Waals surface area contributed by atoms with Gasteiger partial charge in [-0.1, -0.05) is 0 Å². The Bertz CT molecular complexity index is 391. The fourth-order valence-electron chi connectivity index (χ4n) is 1.53. The van der Waals surface area contributed by atoms with Crippen LogP contribution in [-0.2, 0) is 13.0 Å². The topological polar surface area (TPSA) is 55.9 Å². The third-order valence-corrected chi connectivity index (χ3v) is 3.74. The Morgan fingerprint density at radius 1 is 1.65 bits per heavy atom. The number of halogens is 4. The summed E-state index contributed by atoms with van der Waals surface area (Å²) >= 11 is 8.31.